The van der Waals surface area contributed by atoms with Crippen molar-refractivity contribution in [3.63, 3.8) is 0 Å². The molecule has 4 nitrogen and oxygen atoms in total. The Labute approximate surface area is 97.7 Å². The topological polar surface area (TPSA) is 44.9 Å². The monoisotopic (exact) mass is 234 g/mol. The van der Waals surface area contributed by atoms with Gasteiger partial charge in [0.15, 0.2) is 0 Å². The molecule has 3 heterocycles. The number of nitrogens with one attached hydrogen (secondary N) is 1. The van der Waals surface area contributed by atoms with Gasteiger partial charge >= 0.3 is 0 Å². The van der Waals surface area contributed by atoms with E-state index < -0.39 is 0 Å². The van der Waals surface area contributed by atoms with Crippen molar-refractivity contribution in [2.24, 2.45) is 7.05 Å². The average Bonchev–Trinajstić information content (AvgIpc) is 2.61. The second kappa shape index (κ2) is 3.40. The lowest BCUT2D eigenvalue weighted by Crippen LogP contribution is -2.26. The Kier molecular flexibility index (Phi) is 2.12. The Morgan fingerprint density at radius 2 is 2.25 bits per heavy atom. The van der Waals surface area contributed by atoms with Crippen LogP contribution in [0.15, 0.2) is 6.33 Å². The van der Waals surface area contributed by atoms with E-state index in [1.165, 1.54) is 10.4 Å². The van der Waals surface area contributed by atoms with Crippen molar-refractivity contribution >= 4 is 21.6 Å². The molecule has 1 aliphatic heterocycles. The van der Waals surface area contributed by atoms with Crippen molar-refractivity contribution in [1.82, 2.24) is 14.5 Å². The van der Waals surface area contributed by atoms with Crippen LogP contribution >= 0.6 is 11.3 Å². The molecule has 0 atom stereocenters. The van der Waals surface area contributed by atoms with Crippen LogP contribution in [0.5, 0.6) is 0 Å². The molecule has 0 saturated heterocycles. The summed E-state index contributed by atoms with van der Waals surface area (Å²) >= 11 is 1.74. The molecule has 1 aliphatic rings. The minimum atomic E-state index is 0.590. The summed E-state index contributed by atoms with van der Waals surface area (Å²) in [6, 6.07) is 0. The molecule has 2 aromatic rings. The maximum absolute atomic E-state index is 8.11. The summed E-state index contributed by atoms with van der Waals surface area (Å²) in [5.41, 5.74) is 1.94. The van der Waals surface area contributed by atoms with E-state index in [0.29, 0.717) is 5.49 Å². The minimum Gasteiger partial charge on any atom is -0.320 e. The Balaban J connectivity index is 2.35. The zero-order chi connectivity index (χ0) is 11.3. The highest BCUT2D eigenvalue weighted by atomic mass is 32.1. The van der Waals surface area contributed by atoms with Crippen LogP contribution in [0.4, 0.5) is 0 Å². The molecule has 5 heteroatoms. The van der Waals surface area contributed by atoms with E-state index in [9.17, 15) is 0 Å². The summed E-state index contributed by atoms with van der Waals surface area (Å²) in [7, 11) is 4.02. The van der Waals surface area contributed by atoms with E-state index in [0.717, 1.165) is 29.7 Å². The maximum Gasteiger partial charge on any atom is 0.136 e. The van der Waals surface area contributed by atoms with Gasteiger partial charge in [0.05, 0.1) is 11.7 Å². The molecule has 0 aliphatic carbocycles. The average molecular weight is 234 g/mol. The minimum absolute atomic E-state index is 0.590. The van der Waals surface area contributed by atoms with Gasteiger partial charge < -0.3 is 9.47 Å². The highest BCUT2D eigenvalue weighted by Gasteiger charge is 2.20. The van der Waals surface area contributed by atoms with Gasteiger partial charge in [-0.25, -0.2) is 4.98 Å². The Morgan fingerprint density at radius 3 is 3.06 bits per heavy atom. The number of hydrogen-bond donors (Lipinski definition) is 1. The van der Waals surface area contributed by atoms with Gasteiger partial charge in [-0.05, 0) is 19.0 Å². The second-order valence-corrected chi connectivity index (χ2v) is 5.46. The molecule has 16 heavy (non-hydrogen) atoms. The van der Waals surface area contributed by atoms with Gasteiger partial charge in [0, 0.05) is 25.0 Å². The smallest absolute Gasteiger partial charge is 0.136 e. The molecule has 3 rings (SSSR count). The SMILES string of the molecule is CN1CCc2c(sc3ncn(C)c(=N)c23)C1. The Hall–Kier alpha value is -1.20. The highest BCUT2D eigenvalue weighted by Crippen LogP contribution is 2.31. The predicted octanol–water partition coefficient (Wildman–Crippen LogP) is 1.10. The third-order valence-corrected chi connectivity index (χ3v) is 4.29. The first-order chi connectivity index (χ1) is 7.66. The van der Waals surface area contributed by atoms with E-state index in [-0.39, 0.29) is 0 Å². The van der Waals surface area contributed by atoms with Gasteiger partial charge in [0.25, 0.3) is 0 Å². The largest absolute Gasteiger partial charge is 0.320 e. The predicted molar refractivity (Wildman–Crippen MR) is 64.5 cm³/mol. The summed E-state index contributed by atoms with van der Waals surface area (Å²) in [5, 5.41) is 9.18. The van der Waals surface area contributed by atoms with Crippen molar-refractivity contribution in [3.05, 3.63) is 22.3 Å². The van der Waals surface area contributed by atoms with E-state index >= 15 is 0 Å². The molecule has 0 spiro atoms. The van der Waals surface area contributed by atoms with Gasteiger partial charge in [0.2, 0.25) is 0 Å². The van der Waals surface area contributed by atoms with Crippen molar-refractivity contribution in [1.29, 1.82) is 5.41 Å². The standard InChI is InChI=1S/C11H14N4S/c1-14-4-3-7-8(5-14)16-11-9(7)10(12)15(2)6-13-11/h6,12H,3-5H2,1-2H3. The molecule has 0 amide bonds. The summed E-state index contributed by atoms with van der Waals surface area (Å²) in [4.78, 5) is 9.14. The molecular weight excluding hydrogens is 220 g/mol. The molecule has 84 valence electrons. The molecule has 0 saturated carbocycles. The molecular formula is C11H14N4S. The number of hydrogen-bond acceptors (Lipinski definition) is 4. The lowest BCUT2D eigenvalue weighted by molar-refractivity contribution is 0.318. The molecule has 0 bridgehead atoms. The summed E-state index contributed by atoms with van der Waals surface area (Å²) < 4.78 is 1.79. The van der Waals surface area contributed by atoms with Crippen LogP contribution in [0.2, 0.25) is 0 Å². The molecule has 1 N–H and O–H groups in total. The molecule has 2 aromatic heterocycles. The number of rotatable bonds is 0. The normalized spacial score (nSPS) is 16.6. The van der Waals surface area contributed by atoms with Crippen molar-refractivity contribution < 1.29 is 0 Å². The zero-order valence-corrected chi connectivity index (χ0v) is 10.3. The number of likely N-dealkylation sites (N-methyl/N-ethyl adjacent to an activating group) is 1. The van der Waals surface area contributed by atoms with Gasteiger partial charge in [0.1, 0.15) is 10.3 Å². The first-order valence-corrected chi connectivity index (χ1v) is 6.17. The van der Waals surface area contributed by atoms with Gasteiger partial charge in [-0.2, -0.15) is 0 Å². The lowest BCUT2D eigenvalue weighted by atomic mass is 10.1. The fourth-order valence-electron chi connectivity index (χ4n) is 2.23. The summed E-state index contributed by atoms with van der Waals surface area (Å²) in [6.07, 6.45) is 2.78. The first-order valence-electron chi connectivity index (χ1n) is 5.36. The van der Waals surface area contributed by atoms with Crippen LogP contribution in [0.1, 0.15) is 10.4 Å². The van der Waals surface area contributed by atoms with Crippen molar-refractivity contribution in [3.8, 4) is 0 Å². The lowest BCUT2D eigenvalue weighted by Gasteiger charge is -2.21. The van der Waals surface area contributed by atoms with E-state index in [4.69, 9.17) is 5.41 Å². The zero-order valence-electron chi connectivity index (χ0n) is 9.45. The summed E-state index contributed by atoms with van der Waals surface area (Å²) in [5.74, 6) is 0. The first kappa shape index (κ1) is 9.99. The third kappa shape index (κ3) is 1.32. The number of nitrogens with zero attached hydrogens (tertiary/aromatic N) is 3. The van der Waals surface area contributed by atoms with Crippen molar-refractivity contribution in [2.45, 2.75) is 13.0 Å². The number of aryl methyl sites for hydroxylation is 1. The maximum atomic E-state index is 8.11. The molecule has 0 radical (unpaired) electrons. The fourth-order valence-corrected chi connectivity index (χ4v) is 3.49. The van der Waals surface area contributed by atoms with Crippen LogP contribution < -0.4 is 5.49 Å². The highest BCUT2D eigenvalue weighted by molar-refractivity contribution is 7.18. The number of aromatic nitrogens is 2. The third-order valence-electron chi connectivity index (χ3n) is 3.17. The van der Waals surface area contributed by atoms with Crippen LogP contribution in [0, 0.1) is 5.41 Å². The van der Waals surface area contributed by atoms with E-state index in [1.54, 1.807) is 22.2 Å². The Morgan fingerprint density at radius 1 is 1.44 bits per heavy atom. The molecule has 0 aromatic carbocycles. The quantitative estimate of drug-likeness (QED) is 0.742. The van der Waals surface area contributed by atoms with Crippen molar-refractivity contribution in [2.75, 3.05) is 13.6 Å². The summed E-state index contributed by atoms with van der Waals surface area (Å²) in [6.45, 7) is 2.08. The van der Waals surface area contributed by atoms with Crippen LogP contribution in [0.3, 0.4) is 0 Å². The van der Waals surface area contributed by atoms with Gasteiger partial charge in [-0.15, -0.1) is 11.3 Å². The van der Waals surface area contributed by atoms with Gasteiger partial charge in [-0.3, -0.25) is 5.41 Å². The van der Waals surface area contributed by atoms with Crippen LogP contribution in [-0.4, -0.2) is 28.0 Å². The molecule has 0 fully saturated rings. The fraction of sp³-hybridized carbons (Fsp3) is 0.455. The number of thiophene rings is 1. The van der Waals surface area contributed by atoms with Gasteiger partial charge in [-0.1, -0.05) is 0 Å². The molecule has 0 unspecified atom stereocenters. The Bertz CT molecular complexity index is 610. The second-order valence-electron chi connectivity index (χ2n) is 4.38. The number of fused-ring (bicyclic) bond motifs is 3. The van der Waals surface area contributed by atoms with Crippen LogP contribution in [-0.2, 0) is 20.0 Å². The van der Waals surface area contributed by atoms with E-state index in [2.05, 4.69) is 16.9 Å². The van der Waals surface area contributed by atoms with E-state index in [1.807, 2.05) is 7.05 Å². The van der Waals surface area contributed by atoms with Crippen LogP contribution in [0.25, 0.3) is 10.2 Å².